The van der Waals surface area contributed by atoms with Crippen molar-refractivity contribution in [3.8, 4) is 51.0 Å². The van der Waals surface area contributed by atoms with Gasteiger partial charge in [0.15, 0.2) is 0 Å². The number of hydrogen-bond acceptors (Lipinski definition) is 4. The smallest absolute Gasteiger partial charge is 0.256 e. The van der Waals surface area contributed by atoms with Gasteiger partial charge in [-0.15, -0.1) is 59.7 Å². The number of para-hydroxylation sites is 3. The topological polar surface area (TPSA) is 43.2 Å². The molecule has 2 aromatic heterocycles. The third-order valence-corrected chi connectivity index (χ3v) is 18.0. The summed E-state index contributed by atoms with van der Waals surface area (Å²) in [6.45, 7) is 39.1. The van der Waals surface area contributed by atoms with Crippen LogP contribution in [-0.4, -0.2) is 21.2 Å². The molecule has 8 aromatic carbocycles. The van der Waals surface area contributed by atoms with Crippen molar-refractivity contribution >= 4 is 51.2 Å². The molecule has 433 valence electrons. The van der Waals surface area contributed by atoms with E-state index in [-0.39, 0.29) is 54.3 Å². The molecular formula is C77H78BFIrN4O-2. The van der Waals surface area contributed by atoms with Crippen LogP contribution in [0, 0.1) is 31.8 Å². The van der Waals surface area contributed by atoms with Gasteiger partial charge in [-0.05, 0) is 145 Å². The molecule has 0 bridgehead atoms. The summed E-state index contributed by atoms with van der Waals surface area (Å²) in [6, 6.07) is 59.0. The second-order valence-corrected chi connectivity index (χ2v) is 28.0. The first kappa shape index (κ1) is 59.4. The number of benzene rings is 8. The average Bonchev–Trinajstić information content (AvgIpc) is 1.61. The number of ether oxygens (including phenoxy) is 1. The van der Waals surface area contributed by atoms with E-state index in [0.29, 0.717) is 11.8 Å². The van der Waals surface area contributed by atoms with Gasteiger partial charge in [-0.1, -0.05) is 193 Å². The van der Waals surface area contributed by atoms with Gasteiger partial charge >= 0.3 is 0 Å². The summed E-state index contributed by atoms with van der Waals surface area (Å²) in [5, 5.41) is 0. The molecule has 5 heterocycles. The van der Waals surface area contributed by atoms with Crippen molar-refractivity contribution < 1.29 is 29.2 Å². The van der Waals surface area contributed by atoms with E-state index >= 15 is 0 Å². The van der Waals surface area contributed by atoms with Crippen molar-refractivity contribution in [2.24, 2.45) is 0 Å². The Labute approximate surface area is 518 Å². The Bertz CT molecular complexity index is 4220. The van der Waals surface area contributed by atoms with Gasteiger partial charge in [0.05, 0.1) is 22.5 Å². The van der Waals surface area contributed by atoms with E-state index in [1.807, 2.05) is 26.1 Å². The van der Waals surface area contributed by atoms with Gasteiger partial charge in [0, 0.05) is 54.6 Å². The molecule has 0 atom stereocenters. The Balaban J connectivity index is 0.000000409. The maximum Gasteiger partial charge on any atom is 0.256 e. The minimum atomic E-state index is -0.275. The normalized spacial score (nSPS) is 13.8. The number of nitrogens with zero attached hydrogens (tertiary/aromatic N) is 4. The summed E-state index contributed by atoms with van der Waals surface area (Å²) in [4.78, 5) is 12.2. The van der Waals surface area contributed by atoms with E-state index in [4.69, 9.17) is 9.72 Å². The van der Waals surface area contributed by atoms with Gasteiger partial charge in [-0.3, -0.25) is 9.37 Å². The first-order chi connectivity index (χ1) is 39.7. The maximum absolute atomic E-state index is 12.7. The molecule has 0 saturated carbocycles. The Morgan fingerprint density at radius 2 is 1.21 bits per heavy atom. The second kappa shape index (κ2) is 21.5. The predicted octanol–water partition coefficient (Wildman–Crippen LogP) is 18.6. The molecule has 0 spiro atoms. The molecule has 0 fully saturated rings. The van der Waals surface area contributed by atoms with E-state index in [1.165, 1.54) is 95.8 Å². The molecule has 3 aliphatic rings. The minimum absolute atomic E-state index is 0. The first-order valence-electron chi connectivity index (χ1n) is 30.1. The number of fused-ring (bicyclic) bond motifs is 7. The number of imidazole rings is 1. The summed E-state index contributed by atoms with van der Waals surface area (Å²) >= 11 is 0. The molecule has 1 radical (unpaired) electrons. The maximum atomic E-state index is 12.7. The van der Waals surface area contributed by atoms with Crippen LogP contribution >= 0.6 is 0 Å². The van der Waals surface area contributed by atoms with E-state index in [2.05, 4.69) is 252 Å². The summed E-state index contributed by atoms with van der Waals surface area (Å²) in [7, 11) is 0. The van der Waals surface area contributed by atoms with Crippen LogP contribution in [0.3, 0.4) is 0 Å². The molecule has 3 aliphatic heterocycles. The number of pyridine rings is 1. The monoisotopic (exact) mass is 1300 g/mol. The standard InChI is InChI=1S/C64H67BN3O.C13H11FN.Ir/c1-37(2)45-19-18-20-46(38(3)4)58(45)68-53-22-17-16-21-51(53)66-60(68)40-25-23-39(24-26-40)41-31-54-57-56(32-41)69-55-30-28-43(62(8,9)10)35-49(55)65(57)50-36-44(63(11,12)13)34-48-59(50)67(54)52-29-27-42(61(5,6)7)33-47(52)64(48,14)15;1-9-7-13(15-8-10(9)2)11-3-5-12(14)6-4-11;/h16-25,27-38H,1-15H3;3,5-8H,1-2H3;/q2*-1;. The summed E-state index contributed by atoms with van der Waals surface area (Å²) in [5.41, 5.74) is 27.0. The zero-order valence-electron chi connectivity index (χ0n) is 52.6. The average molecular weight is 1300 g/mol. The number of rotatable bonds is 6. The zero-order valence-corrected chi connectivity index (χ0v) is 55.0. The molecule has 0 amide bonds. The third kappa shape index (κ3) is 10.4. The molecule has 13 rings (SSSR count). The van der Waals surface area contributed by atoms with E-state index in [9.17, 15) is 4.39 Å². The molecule has 5 nitrogen and oxygen atoms in total. The van der Waals surface area contributed by atoms with Crippen molar-refractivity contribution in [1.29, 1.82) is 0 Å². The number of halogens is 1. The van der Waals surface area contributed by atoms with Crippen LogP contribution in [0.25, 0.3) is 50.5 Å². The molecule has 0 unspecified atom stereocenters. The van der Waals surface area contributed by atoms with Crippen LogP contribution in [0.1, 0.15) is 166 Å². The Morgan fingerprint density at radius 3 is 1.85 bits per heavy atom. The van der Waals surface area contributed by atoms with Crippen molar-refractivity contribution in [1.82, 2.24) is 14.5 Å². The minimum Gasteiger partial charge on any atom is -0.458 e. The van der Waals surface area contributed by atoms with Crippen LogP contribution in [0.15, 0.2) is 152 Å². The largest absolute Gasteiger partial charge is 0.458 e. The number of aromatic nitrogens is 3. The summed E-state index contributed by atoms with van der Waals surface area (Å²) in [6.07, 6.45) is 1.82. The first-order valence-corrected chi connectivity index (χ1v) is 30.1. The van der Waals surface area contributed by atoms with Crippen molar-refractivity contribution in [2.75, 3.05) is 4.90 Å². The van der Waals surface area contributed by atoms with Crippen LogP contribution in [-0.2, 0) is 41.8 Å². The fourth-order valence-corrected chi connectivity index (χ4v) is 12.8. The van der Waals surface area contributed by atoms with Gasteiger partial charge in [0.1, 0.15) is 11.5 Å². The van der Waals surface area contributed by atoms with Gasteiger partial charge in [0.25, 0.3) is 6.71 Å². The molecule has 0 saturated heterocycles. The van der Waals surface area contributed by atoms with Gasteiger partial charge in [-0.25, -0.2) is 0 Å². The van der Waals surface area contributed by atoms with E-state index in [0.717, 1.165) is 61.9 Å². The number of hydrogen-bond donors (Lipinski definition) is 0. The molecule has 85 heavy (non-hydrogen) atoms. The van der Waals surface area contributed by atoms with Crippen molar-refractivity contribution in [3.63, 3.8) is 0 Å². The molecule has 0 aliphatic carbocycles. The Hall–Kier alpha value is -7.38. The van der Waals surface area contributed by atoms with Crippen LogP contribution < -0.4 is 26.0 Å². The fourth-order valence-electron chi connectivity index (χ4n) is 12.8. The Morgan fingerprint density at radius 1 is 0.576 bits per heavy atom. The fraction of sp³-hybridized carbons (Fsp3) is 0.299. The van der Waals surface area contributed by atoms with Crippen molar-refractivity contribution in [2.45, 2.75) is 151 Å². The zero-order chi connectivity index (χ0) is 59.7. The van der Waals surface area contributed by atoms with Gasteiger partial charge in [-0.2, -0.15) is 0 Å². The molecular weight excluding hydrogens is 1220 g/mol. The van der Waals surface area contributed by atoms with Gasteiger partial charge < -0.3 is 19.2 Å². The third-order valence-electron chi connectivity index (χ3n) is 18.0. The van der Waals surface area contributed by atoms with Crippen LogP contribution in [0.4, 0.5) is 21.5 Å². The summed E-state index contributed by atoms with van der Waals surface area (Å²) in [5.74, 6) is 3.13. The van der Waals surface area contributed by atoms with Crippen molar-refractivity contribution in [3.05, 3.63) is 220 Å². The quantitative estimate of drug-likeness (QED) is 0.123. The van der Waals surface area contributed by atoms with Crippen LogP contribution in [0.5, 0.6) is 11.5 Å². The Kier molecular flexibility index (Phi) is 15.0. The second-order valence-electron chi connectivity index (χ2n) is 28.0. The summed E-state index contributed by atoms with van der Waals surface area (Å²) < 4.78 is 22.3. The number of aryl methyl sites for hydroxylation is 2. The van der Waals surface area contributed by atoms with Crippen LogP contribution in [0.2, 0.25) is 0 Å². The molecule has 10 aromatic rings. The SMILES string of the molecule is CC(C)c1cccc(C(C)C)c1-n1c(-c2[c-]cc(-c3cc4c5c(c3)N3c6ccc(C(C)(C)C)cc6C(C)(C)c6cc(C(C)(C)C)cc(c63)B5c3cc(C(C)(C)C)ccc3O4)cc2)nc2ccccc21.Cc1cnc(-c2[c-]cc(F)cc2)cc1C.[Ir]. The van der Waals surface area contributed by atoms with E-state index in [1.54, 1.807) is 6.07 Å². The molecule has 0 N–H and O–H groups in total. The molecule has 8 heteroatoms. The number of anilines is 3. The van der Waals surface area contributed by atoms with Gasteiger partial charge in [0.2, 0.25) is 0 Å². The predicted molar refractivity (Wildman–Crippen MR) is 351 cm³/mol. The van der Waals surface area contributed by atoms with E-state index < -0.39 is 0 Å².